The fourth-order valence-corrected chi connectivity index (χ4v) is 2.35. The number of carbonyl (C=O) groups excluding carboxylic acids is 2. The molecule has 1 aromatic heterocycles. The van der Waals surface area contributed by atoms with E-state index in [1.165, 1.54) is 11.3 Å². The van der Waals surface area contributed by atoms with Crippen molar-refractivity contribution < 1.29 is 9.59 Å². The molecule has 0 bridgehead atoms. The highest BCUT2D eigenvalue weighted by atomic mass is 79.9. The summed E-state index contributed by atoms with van der Waals surface area (Å²) in [5, 5.41) is 5.09. The van der Waals surface area contributed by atoms with Crippen molar-refractivity contribution in [3.05, 3.63) is 20.8 Å². The molecular weight excluding hydrogens is 304 g/mol. The van der Waals surface area contributed by atoms with Gasteiger partial charge in [0.1, 0.15) is 6.04 Å². The van der Waals surface area contributed by atoms with Gasteiger partial charge >= 0.3 is 0 Å². The van der Waals surface area contributed by atoms with Gasteiger partial charge in [-0.1, -0.05) is 5.92 Å². The molecular formula is C11H11BrN2O2S. The lowest BCUT2D eigenvalue weighted by molar-refractivity contribution is -0.122. The van der Waals surface area contributed by atoms with Crippen LogP contribution in [0.3, 0.4) is 0 Å². The largest absolute Gasteiger partial charge is 0.343 e. The summed E-state index contributed by atoms with van der Waals surface area (Å²) in [6.45, 7) is 1.76. The third-order valence-corrected chi connectivity index (χ3v) is 3.52. The number of thiophene rings is 1. The van der Waals surface area contributed by atoms with Crippen molar-refractivity contribution in [1.82, 2.24) is 10.6 Å². The van der Waals surface area contributed by atoms with Crippen LogP contribution < -0.4 is 10.6 Å². The molecule has 0 fully saturated rings. The number of terminal acetylenes is 1. The summed E-state index contributed by atoms with van der Waals surface area (Å²) in [6.07, 6.45) is 5.02. The second-order valence-electron chi connectivity index (χ2n) is 3.22. The van der Waals surface area contributed by atoms with Crippen LogP contribution in [0.4, 0.5) is 0 Å². The first-order valence-electron chi connectivity index (χ1n) is 4.82. The Hall–Kier alpha value is -1.32. The second kappa shape index (κ2) is 6.42. The van der Waals surface area contributed by atoms with Crippen molar-refractivity contribution in [2.24, 2.45) is 0 Å². The molecule has 0 aliphatic carbocycles. The van der Waals surface area contributed by atoms with Crippen LogP contribution in [0.15, 0.2) is 15.9 Å². The molecule has 6 heteroatoms. The Morgan fingerprint density at radius 2 is 2.29 bits per heavy atom. The van der Waals surface area contributed by atoms with Crippen LogP contribution in [0.1, 0.15) is 16.6 Å². The predicted molar refractivity (Wildman–Crippen MR) is 70.8 cm³/mol. The molecule has 1 unspecified atom stereocenters. The maximum absolute atomic E-state index is 11.7. The smallest absolute Gasteiger partial charge is 0.262 e. The van der Waals surface area contributed by atoms with Gasteiger partial charge in [0.15, 0.2) is 0 Å². The van der Waals surface area contributed by atoms with E-state index < -0.39 is 6.04 Å². The van der Waals surface area contributed by atoms with Gasteiger partial charge in [0.2, 0.25) is 5.91 Å². The molecule has 0 spiro atoms. The Kier molecular flexibility index (Phi) is 5.19. The summed E-state index contributed by atoms with van der Waals surface area (Å²) in [6, 6.07) is 2.86. The van der Waals surface area contributed by atoms with Crippen LogP contribution in [-0.4, -0.2) is 24.4 Å². The quantitative estimate of drug-likeness (QED) is 0.825. The minimum Gasteiger partial charge on any atom is -0.343 e. The van der Waals surface area contributed by atoms with E-state index in [0.717, 1.165) is 3.79 Å². The molecule has 0 aliphatic heterocycles. The number of halogens is 1. The van der Waals surface area contributed by atoms with Gasteiger partial charge in [-0.25, -0.2) is 0 Å². The van der Waals surface area contributed by atoms with Gasteiger partial charge in [0, 0.05) is 0 Å². The van der Waals surface area contributed by atoms with E-state index in [2.05, 4.69) is 32.5 Å². The summed E-state index contributed by atoms with van der Waals surface area (Å²) in [5.41, 5.74) is 0. The van der Waals surface area contributed by atoms with E-state index in [0.29, 0.717) is 4.88 Å². The van der Waals surface area contributed by atoms with Crippen LogP contribution >= 0.6 is 27.3 Å². The lowest BCUT2D eigenvalue weighted by Gasteiger charge is -2.12. The summed E-state index contributed by atoms with van der Waals surface area (Å²) >= 11 is 4.57. The fourth-order valence-electron chi connectivity index (χ4n) is 1.06. The summed E-state index contributed by atoms with van der Waals surface area (Å²) in [7, 11) is 0. The topological polar surface area (TPSA) is 58.2 Å². The summed E-state index contributed by atoms with van der Waals surface area (Å²) < 4.78 is 0.868. The van der Waals surface area contributed by atoms with Gasteiger partial charge in [0.25, 0.3) is 5.91 Å². The maximum Gasteiger partial charge on any atom is 0.262 e. The highest BCUT2D eigenvalue weighted by Crippen LogP contribution is 2.21. The molecule has 0 saturated carbocycles. The van der Waals surface area contributed by atoms with E-state index in [-0.39, 0.29) is 18.4 Å². The van der Waals surface area contributed by atoms with E-state index in [4.69, 9.17) is 6.42 Å². The molecule has 2 amide bonds. The first-order chi connectivity index (χ1) is 8.04. The maximum atomic E-state index is 11.7. The van der Waals surface area contributed by atoms with Crippen LogP contribution in [0.25, 0.3) is 0 Å². The number of rotatable bonds is 4. The van der Waals surface area contributed by atoms with Crippen molar-refractivity contribution in [3.63, 3.8) is 0 Å². The van der Waals surface area contributed by atoms with Gasteiger partial charge in [-0.15, -0.1) is 17.8 Å². The Bertz CT molecular complexity index is 464. The lowest BCUT2D eigenvalue weighted by atomic mass is 10.3. The molecule has 0 radical (unpaired) electrons. The van der Waals surface area contributed by atoms with Crippen molar-refractivity contribution in [2.45, 2.75) is 13.0 Å². The van der Waals surface area contributed by atoms with Crippen LogP contribution in [0, 0.1) is 12.3 Å². The highest BCUT2D eigenvalue weighted by molar-refractivity contribution is 9.11. The average Bonchev–Trinajstić information content (AvgIpc) is 2.72. The Balaban J connectivity index is 2.51. The first-order valence-corrected chi connectivity index (χ1v) is 6.43. The van der Waals surface area contributed by atoms with Crippen molar-refractivity contribution >= 4 is 39.1 Å². The number of nitrogens with one attached hydrogen (secondary N) is 2. The van der Waals surface area contributed by atoms with E-state index >= 15 is 0 Å². The molecule has 0 saturated heterocycles. The SMILES string of the molecule is C#CCNC(=O)C(C)NC(=O)c1ccc(Br)s1. The predicted octanol–water partition coefficient (Wildman–Crippen LogP) is 1.38. The molecule has 1 heterocycles. The average molecular weight is 315 g/mol. The number of hydrogen-bond donors (Lipinski definition) is 2. The second-order valence-corrected chi connectivity index (χ2v) is 5.68. The highest BCUT2D eigenvalue weighted by Gasteiger charge is 2.16. The third kappa shape index (κ3) is 4.21. The standard InChI is InChI=1S/C11H11BrN2O2S/c1-3-6-13-10(15)7(2)14-11(16)8-4-5-9(12)17-8/h1,4-5,7H,6H2,2H3,(H,13,15)(H,14,16). The van der Waals surface area contributed by atoms with Crippen LogP contribution in [-0.2, 0) is 4.79 Å². The monoisotopic (exact) mass is 314 g/mol. The Labute approximate surface area is 112 Å². The number of hydrogen-bond acceptors (Lipinski definition) is 3. The summed E-state index contributed by atoms with van der Waals surface area (Å²) in [5.74, 6) is 1.72. The molecule has 1 aromatic rings. The van der Waals surface area contributed by atoms with E-state index in [1.807, 2.05) is 0 Å². The van der Waals surface area contributed by atoms with Crippen molar-refractivity contribution in [2.75, 3.05) is 6.54 Å². The van der Waals surface area contributed by atoms with Crippen molar-refractivity contribution in [1.29, 1.82) is 0 Å². The van der Waals surface area contributed by atoms with Gasteiger partial charge in [-0.3, -0.25) is 9.59 Å². The van der Waals surface area contributed by atoms with Crippen LogP contribution in [0.5, 0.6) is 0 Å². The molecule has 4 nitrogen and oxygen atoms in total. The van der Waals surface area contributed by atoms with E-state index in [1.54, 1.807) is 19.1 Å². The Morgan fingerprint density at radius 1 is 1.59 bits per heavy atom. The van der Waals surface area contributed by atoms with Gasteiger partial charge in [-0.05, 0) is 35.0 Å². The van der Waals surface area contributed by atoms with Gasteiger partial charge < -0.3 is 10.6 Å². The molecule has 17 heavy (non-hydrogen) atoms. The lowest BCUT2D eigenvalue weighted by Crippen LogP contribution is -2.44. The zero-order valence-corrected chi connectivity index (χ0v) is 11.5. The molecule has 1 rings (SSSR count). The van der Waals surface area contributed by atoms with E-state index in [9.17, 15) is 9.59 Å². The number of carbonyl (C=O) groups is 2. The molecule has 0 aliphatic rings. The zero-order chi connectivity index (χ0) is 12.8. The fraction of sp³-hybridized carbons (Fsp3) is 0.273. The molecule has 2 N–H and O–H groups in total. The third-order valence-electron chi connectivity index (χ3n) is 1.90. The minimum atomic E-state index is -0.614. The summed E-state index contributed by atoms with van der Waals surface area (Å²) in [4.78, 5) is 23.7. The zero-order valence-electron chi connectivity index (χ0n) is 9.12. The minimum absolute atomic E-state index is 0.156. The first kappa shape index (κ1) is 13.7. The molecule has 1 atom stereocenters. The number of amides is 2. The Morgan fingerprint density at radius 3 is 2.82 bits per heavy atom. The van der Waals surface area contributed by atoms with Gasteiger partial charge in [-0.2, -0.15) is 0 Å². The normalized spacial score (nSPS) is 11.4. The molecule has 0 aromatic carbocycles. The van der Waals surface area contributed by atoms with Crippen LogP contribution in [0.2, 0.25) is 0 Å². The molecule has 90 valence electrons. The van der Waals surface area contributed by atoms with Gasteiger partial charge in [0.05, 0.1) is 15.2 Å². The van der Waals surface area contributed by atoms with Crippen molar-refractivity contribution in [3.8, 4) is 12.3 Å².